The van der Waals surface area contributed by atoms with Gasteiger partial charge >= 0.3 is 0 Å². The monoisotopic (exact) mass is 258 g/mol. The highest BCUT2D eigenvalue weighted by atomic mass is 16.6. The minimum atomic E-state index is -0.426. The predicted octanol–water partition coefficient (Wildman–Crippen LogP) is 2.37. The maximum atomic E-state index is 10.9. The lowest BCUT2D eigenvalue weighted by atomic mass is 10.1. The summed E-state index contributed by atoms with van der Waals surface area (Å²) in [5.41, 5.74) is 14.0. The Labute approximate surface area is 110 Å². The normalized spacial score (nSPS) is 10.1. The van der Waals surface area contributed by atoms with Crippen molar-refractivity contribution in [2.75, 3.05) is 16.8 Å². The molecule has 0 unspecified atom stereocenters. The van der Waals surface area contributed by atoms with Gasteiger partial charge < -0.3 is 16.8 Å². The first-order chi connectivity index (χ1) is 9.08. The van der Waals surface area contributed by atoms with Crippen LogP contribution in [0, 0.1) is 10.1 Å². The van der Waals surface area contributed by atoms with E-state index in [-0.39, 0.29) is 5.69 Å². The Bertz CT molecular complexity index is 613. The lowest BCUT2D eigenvalue weighted by Crippen LogP contribution is -2.05. The molecule has 2 rings (SSSR count). The molecular weight excluding hydrogens is 244 g/mol. The van der Waals surface area contributed by atoms with Crippen LogP contribution >= 0.6 is 0 Å². The van der Waals surface area contributed by atoms with E-state index in [1.165, 1.54) is 6.07 Å². The molecule has 6 nitrogen and oxygen atoms in total. The summed E-state index contributed by atoms with van der Waals surface area (Å²) in [6.07, 6.45) is 0. The first-order valence-corrected chi connectivity index (χ1v) is 5.69. The maximum absolute atomic E-state index is 10.9. The molecular formula is C13H14N4O2. The first-order valence-electron chi connectivity index (χ1n) is 5.69. The Kier molecular flexibility index (Phi) is 3.51. The molecule has 0 spiro atoms. The number of nitrogens with one attached hydrogen (secondary N) is 1. The van der Waals surface area contributed by atoms with Gasteiger partial charge in [0.1, 0.15) is 5.69 Å². The average molecular weight is 258 g/mol. The summed E-state index contributed by atoms with van der Waals surface area (Å²) < 4.78 is 0. The summed E-state index contributed by atoms with van der Waals surface area (Å²) in [5.74, 6) is 0. The van der Waals surface area contributed by atoms with Gasteiger partial charge in [-0.3, -0.25) is 10.1 Å². The fraction of sp³-hybridized carbons (Fsp3) is 0.0769. The van der Waals surface area contributed by atoms with Crippen molar-refractivity contribution in [1.82, 2.24) is 0 Å². The molecule has 0 saturated heterocycles. The molecule has 0 atom stereocenters. The van der Waals surface area contributed by atoms with E-state index >= 15 is 0 Å². The van der Waals surface area contributed by atoms with Crippen LogP contribution in [0.2, 0.25) is 0 Å². The molecule has 0 aliphatic carbocycles. The number of nitro groups is 1. The van der Waals surface area contributed by atoms with E-state index in [0.29, 0.717) is 23.6 Å². The van der Waals surface area contributed by atoms with Crippen molar-refractivity contribution in [1.29, 1.82) is 0 Å². The summed E-state index contributed by atoms with van der Waals surface area (Å²) in [6, 6.07) is 11.6. The lowest BCUT2D eigenvalue weighted by molar-refractivity contribution is -0.384. The van der Waals surface area contributed by atoms with E-state index in [2.05, 4.69) is 5.32 Å². The van der Waals surface area contributed by atoms with Crippen LogP contribution in [0.4, 0.5) is 22.7 Å². The van der Waals surface area contributed by atoms with Gasteiger partial charge in [0.15, 0.2) is 0 Å². The third kappa shape index (κ3) is 2.92. The average Bonchev–Trinajstić information content (AvgIpc) is 2.40. The highest BCUT2D eigenvalue weighted by Gasteiger charge is 2.12. The third-order valence-corrected chi connectivity index (χ3v) is 2.74. The first kappa shape index (κ1) is 12.7. The van der Waals surface area contributed by atoms with E-state index in [4.69, 9.17) is 11.5 Å². The standard InChI is InChI=1S/C13H14N4O2/c14-10-5-6-11(15)9(7-10)8-16-12-3-1-2-4-13(12)17(18)19/h1-7,16H,8,14-15H2. The Morgan fingerprint density at radius 2 is 1.89 bits per heavy atom. The van der Waals surface area contributed by atoms with E-state index in [9.17, 15) is 10.1 Å². The molecule has 2 aromatic carbocycles. The van der Waals surface area contributed by atoms with Crippen molar-refractivity contribution in [3.8, 4) is 0 Å². The van der Waals surface area contributed by atoms with Crippen molar-refractivity contribution >= 4 is 22.7 Å². The number of nitrogens with two attached hydrogens (primary N) is 2. The summed E-state index contributed by atoms with van der Waals surface area (Å²) in [6.45, 7) is 0.377. The number of benzene rings is 2. The summed E-state index contributed by atoms with van der Waals surface area (Å²) in [7, 11) is 0. The largest absolute Gasteiger partial charge is 0.399 e. The molecule has 2 aromatic rings. The van der Waals surface area contributed by atoms with E-state index in [1.807, 2.05) is 0 Å². The summed E-state index contributed by atoms with van der Waals surface area (Å²) in [4.78, 5) is 10.4. The fourth-order valence-electron chi connectivity index (χ4n) is 1.75. The van der Waals surface area contributed by atoms with Crippen LogP contribution in [0.15, 0.2) is 42.5 Å². The van der Waals surface area contributed by atoms with Gasteiger partial charge in [0, 0.05) is 24.0 Å². The fourth-order valence-corrected chi connectivity index (χ4v) is 1.75. The van der Waals surface area contributed by atoms with Crippen LogP contribution in [0.3, 0.4) is 0 Å². The number of para-hydroxylation sites is 2. The smallest absolute Gasteiger partial charge is 0.292 e. The van der Waals surface area contributed by atoms with Crippen molar-refractivity contribution in [2.24, 2.45) is 0 Å². The van der Waals surface area contributed by atoms with Gasteiger partial charge in [-0.15, -0.1) is 0 Å². The number of nitrogens with zero attached hydrogens (tertiary/aromatic N) is 1. The molecule has 98 valence electrons. The second-order valence-electron chi connectivity index (χ2n) is 4.09. The number of hydrogen-bond acceptors (Lipinski definition) is 5. The second kappa shape index (κ2) is 5.26. The third-order valence-electron chi connectivity index (χ3n) is 2.74. The number of nitro benzene ring substituents is 1. The number of anilines is 3. The highest BCUT2D eigenvalue weighted by molar-refractivity contribution is 5.63. The van der Waals surface area contributed by atoms with E-state index < -0.39 is 4.92 Å². The molecule has 0 fully saturated rings. The Morgan fingerprint density at radius 3 is 2.63 bits per heavy atom. The summed E-state index contributed by atoms with van der Waals surface area (Å²) in [5, 5.41) is 13.9. The number of hydrogen-bond donors (Lipinski definition) is 3. The van der Waals surface area contributed by atoms with Gasteiger partial charge in [0.2, 0.25) is 0 Å². The van der Waals surface area contributed by atoms with Crippen LogP contribution in [0.25, 0.3) is 0 Å². The van der Waals surface area contributed by atoms with Gasteiger partial charge in [0.05, 0.1) is 4.92 Å². The van der Waals surface area contributed by atoms with Gasteiger partial charge in [0.25, 0.3) is 5.69 Å². The minimum absolute atomic E-state index is 0.0324. The van der Waals surface area contributed by atoms with E-state index in [1.54, 1.807) is 36.4 Å². The molecule has 0 heterocycles. The van der Waals surface area contributed by atoms with Crippen LogP contribution < -0.4 is 16.8 Å². The molecule has 5 N–H and O–H groups in total. The zero-order chi connectivity index (χ0) is 13.8. The molecule has 0 amide bonds. The Morgan fingerprint density at radius 1 is 1.16 bits per heavy atom. The maximum Gasteiger partial charge on any atom is 0.292 e. The molecule has 19 heavy (non-hydrogen) atoms. The highest BCUT2D eigenvalue weighted by Crippen LogP contribution is 2.25. The molecule has 0 saturated carbocycles. The summed E-state index contributed by atoms with van der Waals surface area (Å²) >= 11 is 0. The minimum Gasteiger partial charge on any atom is -0.399 e. The van der Waals surface area contributed by atoms with Crippen molar-refractivity contribution < 1.29 is 4.92 Å². The zero-order valence-electron chi connectivity index (χ0n) is 10.2. The van der Waals surface area contributed by atoms with Crippen LogP contribution in [-0.2, 0) is 6.54 Å². The van der Waals surface area contributed by atoms with Crippen molar-refractivity contribution in [2.45, 2.75) is 6.54 Å². The van der Waals surface area contributed by atoms with Gasteiger partial charge in [-0.1, -0.05) is 12.1 Å². The Hall–Kier alpha value is -2.76. The number of rotatable bonds is 4. The van der Waals surface area contributed by atoms with Gasteiger partial charge in [-0.2, -0.15) is 0 Å². The van der Waals surface area contributed by atoms with Crippen LogP contribution in [-0.4, -0.2) is 4.92 Å². The molecule has 0 bridgehead atoms. The SMILES string of the molecule is Nc1ccc(N)c(CNc2ccccc2[N+](=O)[O-])c1. The second-order valence-corrected chi connectivity index (χ2v) is 4.09. The van der Waals surface area contributed by atoms with Gasteiger partial charge in [-0.05, 0) is 29.8 Å². The zero-order valence-corrected chi connectivity index (χ0v) is 10.2. The predicted molar refractivity (Wildman–Crippen MR) is 75.7 cm³/mol. The van der Waals surface area contributed by atoms with Crippen LogP contribution in [0.5, 0.6) is 0 Å². The van der Waals surface area contributed by atoms with Gasteiger partial charge in [-0.25, -0.2) is 0 Å². The quantitative estimate of drug-likeness (QED) is 0.443. The molecule has 6 heteroatoms. The molecule has 0 radical (unpaired) electrons. The van der Waals surface area contributed by atoms with Crippen molar-refractivity contribution in [3.05, 3.63) is 58.1 Å². The molecule has 0 aliphatic heterocycles. The molecule has 0 aliphatic rings. The topological polar surface area (TPSA) is 107 Å². The van der Waals surface area contributed by atoms with E-state index in [0.717, 1.165) is 5.56 Å². The van der Waals surface area contributed by atoms with Crippen LogP contribution in [0.1, 0.15) is 5.56 Å². The molecule has 0 aromatic heterocycles. The lowest BCUT2D eigenvalue weighted by Gasteiger charge is -2.09. The Balaban J connectivity index is 2.19. The van der Waals surface area contributed by atoms with Crippen molar-refractivity contribution in [3.63, 3.8) is 0 Å². The number of nitrogen functional groups attached to an aromatic ring is 2.